The molecule has 2 rings (SSSR count). The van der Waals surface area contributed by atoms with Crippen molar-refractivity contribution in [3.63, 3.8) is 0 Å². The van der Waals surface area contributed by atoms with E-state index in [0.29, 0.717) is 18.7 Å². The number of nitrogens with one attached hydrogen (secondary N) is 1. The number of carbonyl (C=O) groups is 2. The topological polar surface area (TPSA) is 58.6 Å². The summed E-state index contributed by atoms with van der Waals surface area (Å²) in [6.45, 7) is 0.940. The summed E-state index contributed by atoms with van der Waals surface area (Å²) in [6.07, 6.45) is 2.65. The van der Waals surface area contributed by atoms with Gasteiger partial charge in [0.05, 0.1) is 12.8 Å². The average molecular weight is 264 g/mol. The molecule has 1 aliphatic rings. The molecule has 19 heavy (non-hydrogen) atoms. The van der Waals surface area contributed by atoms with Gasteiger partial charge in [0, 0.05) is 19.2 Å². The zero-order valence-corrected chi connectivity index (χ0v) is 10.4. The number of anilines is 1. The Hall–Kier alpha value is -2.37. The smallest absolute Gasteiger partial charge is 0.330 e. The summed E-state index contributed by atoms with van der Waals surface area (Å²) in [5.41, 5.74) is 0.747. The second-order valence-corrected chi connectivity index (χ2v) is 3.95. The molecule has 0 bridgehead atoms. The van der Waals surface area contributed by atoms with Gasteiger partial charge in [-0.1, -0.05) is 6.07 Å². The molecular weight excluding hydrogens is 251 g/mol. The highest BCUT2D eigenvalue weighted by molar-refractivity contribution is 5.94. The van der Waals surface area contributed by atoms with Crippen molar-refractivity contribution in [2.24, 2.45) is 0 Å². The van der Waals surface area contributed by atoms with Crippen LogP contribution in [-0.2, 0) is 9.53 Å². The molecule has 1 aromatic rings. The lowest BCUT2D eigenvalue weighted by Crippen LogP contribution is -2.28. The van der Waals surface area contributed by atoms with Crippen LogP contribution < -0.4 is 10.2 Å². The number of hydrogen-bond acceptors (Lipinski definition) is 3. The predicted octanol–water partition coefficient (Wildman–Crippen LogP) is 1.54. The molecule has 1 aromatic carbocycles. The van der Waals surface area contributed by atoms with Crippen LogP contribution in [0.4, 0.5) is 14.9 Å². The monoisotopic (exact) mass is 264 g/mol. The Kier molecular flexibility index (Phi) is 3.79. The first-order valence-corrected chi connectivity index (χ1v) is 5.73. The van der Waals surface area contributed by atoms with E-state index in [4.69, 9.17) is 0 Å². The summed E-state index contributed by atoms with van der Waals surface area (Å²) >= 11 is 0. The van der Waals surface area contributed by atoms with E-state index in [1.165, 1.54) is 36.3 Å². The lowest BCUT2D eigenvalue weighted by atomic mass is 10.1. The van der Waals surface area contributed by atoms with Crippen LogP contribution in [0.5, 0.6) is 0 Å². The van der Waals surface area contributed by atoms with E-state index in [1.807, 2.05) is 0 Å². The maximum absolute atomic E-state index is 13.9. The van der Waals surface area contributed by atoms with Crippen molar-refractivity contribution in [3.05, 3.63) is 35.7 Å². The normalized spacial score (nSPS) is 14.8. The molecule has 0 spiro atoms. The number of urea groups is 1. The van der Waals surface area contributed by atoms with Crippen LogP contribution in [0.25, 0.3) is 6.08 Å². The van der Waals surface area contributed by atoms with E-state index in [1.54, 1.807) is 6.07 Å². The maximum Gasteiger partial charge on any atom is 0.330 e. The van der Waals surface area contributed by atoms with Crippen LogP contribution in [0.1, 0.15) is 5.56 Å². The Balaban J connectivity index is 2.20. The molecule has 1 heterocycles. The number of amides is 2. The molecule has 0 saturated carbocycles. The standard InChI is InChI=1S/C13H13FN2O3/c1-19-12(17)5-3-9-2-4-11(10(14)8-9)16-7-6-15-13(16)18/h2-5,8H,6-7H2,1H3,(H,15,18)/b5-3+. The number of ether oxygens (including phenoxy) is 1. The molecule has 0 radical (unpaired) electrons. The fourth-order valence-electron chi connectivity index (χ4n) is 1.78. The Morgan fingerprint density at radius 3 is 2.89 bits per heavy atom. The van der Waals surface area contributed by atoms with E-state index >= 15 is 0 Å². The minimum Gasteiger partial charge on any atom is -0.466 e. The third-order valence-electron chi connectivity index (χ3n) is 2.73. The van der Waals surface area contributed by atoms with Gasteiger partial charge in [-0.2, -0.15) is 0 Å². The molecular formula is C13H13FN2O3. The van der Waals surface area contributed by atoms with Gasteiger partial charge in [0.15, 0.2) is 0 Å². The van der Waals surface area contributed by atoms with Crippen LogP contribution >= 0.6 is 0 Å². The van der Waals surface area contributed by atoms with Crippen molar-refractivity contribution in [3.8, 4) is 0 Å². The highest BCUT2D eigenvalue weighted by Gasteiger charge is 2.23. The average Bonchev–Trinajstić information content (AvgIpc) is 2.82. The van der Waals surface area contributed by atoms with E-state index in [0.717, 1.165) is 0 Å². The lowest BCUT2D eigenvalue weighted by Gasteiger charge is -2.15. The zero-order chi connectivity index (χ0) is 13.8. The lowest BCUT2D eigenvalue weighted by molar-refractivity contribution is -0.134. The Morgan fingerprint density at radius 1 is 1.53 bits per heavy atom. The third kappa shape index (κ3) is 2.90. The highest BCUT2D eigenvalue weighted by atomic mass is 19.1. The van der Waals surface area contributed by atoms with E-state index in [2.05, 4.69) is 10.1 Å². The molecule has 2 amide bonds. The number of hydrogen-bond donors (Lipinski definition) is 1. The molecule has 1 saturated heterocycles. The number of rotatable bonds is 3. The zero-order valence-electron chi connectivity index (χ0n) is 10.4. The summed E-state index contributed by atoms with van der Waals surface area (Å²) in [5.74, 6) is -1.02. The van der Waals surface area contributed by atoms with Gasteiger partial charge in [0.2, 0.25) is 0 Å². The fourth-order valence-corrected chi connectivity index (χ4v) is 1.78. The van der Waals surface area contributed by atoms with Gasteiger partial charge in [0.25, 0.3) is 0 Å². The second kappa shape index (κ2) is 5.51. The molecule has 1 fully saturated rings. The summed E-state index contributed by atoms with van der Waals surface area (Å²) in [7, 11) is 1.27. The third-order valence-corrected chi connectivity index (χ3v) is 2.73. The first-order valence-electron chi connectivity index (χ1n) is 5.73. The Bertz CT molecular complexity index is 543. The number of esters is 1. The molecule has 5 nitrogen and oxygen atoms in total. The van der Waals surface area contributed by atoms with E-state index in [9.17, 15) is 14.0 Å². The van der Waals surface area contributed by atoms with Gasteiger partial charge in [-0.05, 0) is 23.8 Å². The van der Waals surface area contributed by atoms with Gasteiger partial charge < -0.3 is 10.1 Å². The highest BCUT2D eigenvalue weighted by Crippen LogP contribution is 2.22. The summed E-state index contributed by atoms with van der Waals surface area (Å²) in [4.78, 5) is 23.7. The minimum absolute atomic E-state index is 0.227. The minimum atomic E-state index is -0.511. The first kappa shape index (κ1) is 13.1. The molecule has 0 aromatic heterocycles. The van der Waals surface area contributed by atoms with Crippen molar-refractivity contribution >= 4 is 23.8 Å². The number of nitrogens with zero attached hydrogens (tertiary/aromatic N) is 1. The second-order valence-electron chi connectivity index (χ2n) is 3.95. The molecule has 1 aliphatic heterocycles. The van der Waals surface area contributed by atoms with Crippen LogP contribution in [0, 0.1) is 5.82 Å². The van der Waals surface area contributed by atoms with Crippen LogP contribution in [0.2, 0.25) is 0 Å². The van der Waals surface area contributed by atoms with Crippen molar-refractivity contribution in [2.75, 3.05) is 25.1 Å². The first-order chi connectivity index (χ1) is 9.11. The van der Waals surface area contributed by atoms with E-state index in [-0.39, 0.29) is 11.7 Å². The van der Waals surface area contributed by atoms with Crippen LogP contribution in [0.3, 0.4) is 0 Å². The molecule has 0 aliphatic carbocycles. The van der Waals surface area contributed by atoms with Crippen LogP contribution in [-0.4, -0.2) is 32.2 Å². The van der Waals surface area contributed by atoms with Crippen molar-refractivity contribution < 1.29 is 18.7 Å². The molecule has 6 heteroatoms. The molecule has 1 N–H and O–H groups in total. The Labute approximate surface area is 109 Å². The summed E-state index contributed by atoms with van der Waals surface area (Å²) in [5, 5.41) is 2.60. The Morgan fingerprint density at radius 2 is 2.32 bits per heavy atom. The van der Waals surface area contributed by atoms with Crippen LogP contribution in [0.15, 0.2) is 24.3 Å². The molecule has 0 atom stereocenters. The van der Waals surface area contributed by atoms with E-state index < -0.39 is 11.8 Å². The fraction of sp³-hybridized carbons (Fsp3) is 0.231. The largest absolute Gasteiger partial charge is 0.466 e. The number of methoxy groups -OCH3 is 1. The van der Waals surface area contributed by atoms with Crippen molar-refractivity contribution in [1.29, 1.82) is 0 Å². The number of benzene rings is 1. The number of halogens is 1. The molecule has 100 valence electrons. The van der Waals surface area contributed by atoms with Gasteiger partial charge >= 0.3 is 12.0 Å². The maximum atomic E-state index is 13.9. The van der Waals surface area contributed by atoms with Gasteiger partial charge in [-0.15, -0.1) is 0 Å². The van der Waals surface area contributed by atoms with Gasteiger partial charge in [-0.25, -0.2) is 14.0 Å². The molecule has 0 unspecified atom stereocenters. The van der Waals surface area contributed by atoms with Gasteiger partial charge in [-0.3, -0.25) is 4.90 Å². The van der Waals surface area contributed by atoms with Crippen molar-refractivity contribution in [1.82, 2.24) is 5.32 Å². The predicted molar refractivity (Wildman–Crippen MR) is 68.2 cm³/mol. The van der Waals surface area contributed by atoms with Gasteiger partial charge in [0.1, 0.15) is 5.82 Å². The summed E-state index contributed by atoms with van der Waals surface area (Å²) in [6, 6.07) is 4.10. The number of carbonyl (C=O) groups excluding carboxylic acids is 2. The van der Waals surface area contributed by atoms with Crippen molar-refractivity contribution in [2.45, 2.75) is 0 Å². The summed E-state index contributed by atoms with van der Waals surface area (Å²) < 4.78 is 18.4. The SMILES string of the molecule is COC(=O)/C=C/c1ccc(N2CCNC2=O)c(F)c1. The quantitative estimate of drug-likeness (QED) is 0.665.